The zero-order chi connectivity index (χ0) is 25.4. The predicted octanol–water partition coefficient (Wildman–Crippen LogP) is 5.68. The number of ketones is 1. The number of carbonyl (C=O) groups is 1. The average molecular weight is 521 g/mol. The number of halogens is 1. The summed E-state index contributed by atoms with van der Waals surface area (Å²) < 4.78 is 27.7. The smallest absolute Gasteiger partial charge is 0.264 e. The quantitative estimate of drug-likeness (QED) is 0.264. The summed E-state index contributed by atoms with van der Waals surface area (Å²) in [7, 11) is -3.84. The van der Waals surface area contributed by atoms with Gasteiger partial charge in [0.05, 0.1) is 10.9 Å². The number of carbonyl (C=O) groups excluding carboxylic acids is 1. The molecule has 7 nitrogen and oxygen atoms in total. The second-order valence-electron chi connectivity index (χ2n) is 8.18. The van der Waals surface area contributed by atoms with Gasteiger partial charge in [-0.2, -0.15) is 0 Å². The highest BCUT2D eigenvalue weighted by molar-refractivity contribution is 7.92. The second kappa shape index (κ2) is 11.8. The Morgan fingerprint density at radius 1 is 0.889 bits per heavy atom. The highest BCUT2D eigenvalue weighted by Gasteiger charge is 2.19. The molecule has 0 amide bonds. The summed E-state index contributed by atoms with van der Waals surface area (Å²) in [6.07, 6.45) is 4.27. The van der Waals surface area contributed by atoms with Gasteiger partial charge in [-0.1, -0.05) is 54.1 Å². The van der Waals surface area contributed by atoms with E-state index in [-0.39, 0.29) is 29.1 Å². The highest BCUT2D eigenvalue weighted by atomic mass is 35.5. The summed E-state index contributed by atoms with van der Waals surface area (Å²) in [4.78, 5) is 20.7. The molecule has 0 aliphatic heterocycles. The number of nitrogens with one attached hydrogen (secondary N) is 2. The third-order valence-corrected chi connectivity index (χ3v) is 7.09. The molecule has 36 heavy (non-hydrogen) atoms. The molecule has 4 rings (SSSR count). The van der Waals surface area contributed by atoms with E-state index in [4.69, 9.17) is 11.6 Å². The van der Waals surface area contributed by atoms with E-state index in [2.05, 4.69) is 20.0 Å². The third-order valence-electron chi connectivity index (χ3n) is 5.52. The van der Waals surface area contributed by atoms with E-state index in [9.17, 15) is 13.2 Å². The van der Waals surface area contributed by atoms with Crippen LogP contribution in [0.2, 0.25) is 5.02 Å². The molecule has 2 N–H and O–H groups in total. The lowest BCUT2D eigenvalue weighted by Gasteiger charge is -2.20. The molecule has 9 heteroatoms. The van der Waals surface area contributed by atoms with Crippen molar-refractivity contribution < 1.29 is 13.2 Å². The molecule has 184 valence electrons. The average Bonchev–Trinajstić information content (AvgIpc) is 2.88. The lowest BCUT2D eigenvalue weighted by atomic mass is 9.97. The Labute approximate surface area is 215 Å². The van der Waals surface area contributed by atoms with Crippen molar-refractivity contribution in [2.24, 2.45) is 0 Å². The number of aromatic nitrogens is 2. The minimum atomic E-state index is -3.84. The fourth-order valence-electron chi connectivity index (χ4n) is 3.70. The molecule has 3 aromatic carbocycles. The zero-order valence-corrected chi connectivity index (χ0v) is 20.9. The van der Waals surface area contributed by atoms with Crippen LogP contribution in [0.25, 0.3) is 0 Å². The van der Waals surface area contributed by atoms with E-state index in [1.807, 2.05) is 48.5 Å². The Bertz CT molecular complexity index is 1400. The number of sulfonamides is 1. The Morgan fingerprint density at radius 2 is 1.61 bits per heavy atom. The van der Waals surface area contributed by atoms with Crippen LogP contribution in [0.15, 0.2) is 102 Å². The largest absolute Gasteiger partial charge is 0.378 e. The summed E-state index contributed by atoms with van der Waals surface area (Å²) in [6, 6.07) is 24.8. The molecule has 1 heterocycles. The third kappa shape index (κ3) is 7.13. The first-order valence-electron chi connectivity index (χ1n) is 11.4. The van der Waals surface area contributed by atoms with Gasteiger partial charge in [0.2, 0.25) is 5.95 Å². The monoisotopic (exact) mass is 520 g/mol. The van der Waals surface area contributed by atoms with Crippen molar-refractivity contribution in [1.82, 2.24) is 9.97 Å². The van der Waals surface area contributed by atoms with Crippen LogP contribution in [0.4, 0.5) is 11.6 Å². The number of benzene rings is 3. The van der Waals surface area contributed by atoms with Gasteiger partial charge in [0, 0.05) is 35.9 Å². The van der Waals surface area contributed by atoms with Crippen LogP contribution < -0.4 is 10.0 Å². The molecular weight excluding hydrogens is 496 g/mol. The summed E-state index contributed by atoms with van der Waals surface area (Å²) >= 11 is 6.21. The first-order chi connectivity index (χ1) is 17.4. The normalized spacial score (nSPS) is 12.0. The van der Waals surface area contributed by atoms with Crippen molar-refractivity contribution in [3.05, 3.63) is 113 Å². The minimum absolute atomic E-state index is 0.00487. The number of hydrogen-bond acceptors (Lipinski definition) is 6. The molecule has 1 aromatic heterocycles. The Hall–Kier alpha value is -3.75. The number of nitrogens with zero attached hydrogens (tertiary/aromatic N) is 2. The van der Waals surface area contributed by atoms with E-state index in [1.54, 1.807) is 24.3 Å². The van der Waals surface area contributed by atoms with Crippen molar-refractivity contribution >= 4 is 39.0 Å². The van der Waals surface area contributed by atoms with Crippen molar-refractivity contribution in [3.8, 4) is 0 Å². The molecule has 1 atom stereocenters. The number of rotatable bonds is 11. The Balaban J connectivity index is 1.47. The van der Waals surface area contributed by atoms with Gasteiger partial charge in [-0.25, -0.2) is 23.1 Å². The molecule has 0 saturated heterocycles. The standard InChI is InChI=1S/C27H25ClN4O3S/c28-22-9-4-8-21(18-22)26(19-24(33)13-10-20-6-2-1-3-7-20)31-23-11-14-25(15-12-23)36(34,35)32-27-29-16-5-17-30-27/h1-9,11-12,14-18,26,31H,10,13,19H2,(H,29,30,32). The van der Waals surface area contributed by atoms with Crippen molar-refractivity contribution in [3.63, 3.8) is 0 Å². The minimum Gasteiger partial charge on any atom is -0.378 e. The van der Waals surface area contributed by atoms with Crippen LogP contribution in [-0.2, 0) is 21.2 Å². The lowest BCUT2D eigenvalue weighted by molar-refractivity contribution is -0.119. The predicted molar refractivity (Wildman–Crippen MR) is 141 cm³/mol. The van der Waals surface area contributed by atoms with Crippen LogP contribution in [0.1, 0.15) is 30.0 Å². The summed E-state index contributed by atoms with van der Waals surface area (Å²) in [5.41, 5.74) is 2.66. The maximum Gasteiger partial charge on any atom is 0.264 e. The summed E-state index contributed by atoms with van der Waals surface area (Å²) in [5, 5.41) is 3.94. The van der Waals surface area contributed by atoms with E-state index < -0.39 is 10.0 Å². The molecule has 0 saturated carbocycles. The second-order valence-corrected chi connectivity index (χ2v) is 10.3. The van der Waals surface area contributed by atoms with E-state index in [0.717, 1.165) is 11.1 Å². The van der Waals surface area contributed by atoms with Crippen LogP contribution in [0, 0.1) is 0 Å². The van der Waals surface area contributed by atoms with Crippen LogP contribution in [-0.4, -0.2) is 24.2 Å². The lowest BCUT2D eigenvalue weighted by Crippen LogP contribution is -2.17. The Kier molecular flexibility index (Phi) is 8.30. The Morgan fingerprint density at radius 3 is 2.31 bits per heavy atom. The van der Waals surface area contributed by atoms with Crippen LogP contribution in [0.5, 0.6) is 0 Å². The van der Waals surface area contributed by atoms with Crippen molar-refractivity contribution in [1.29, 1.82) is 0 Å². The van der Waals surface area contributed by atoms with Gasteiger partial charge < -0.3 is 5.32 Å². The summed E-state index contributed by atoms with van der Waals surface area (Å²) in [6.45, 7) is 0. The molecule has 0 radical (unpaired) electrons. The fourth-order valence-corrected chi connectivity index (χ4v) is 4.85. The zero-order valence-electron chi connectivity index (χ0n) is 19.3. The molecule has 0 aliphatic carbocycles. The molecule has 0 fully saturated rings. The molecule has 0 aliphatic rings. The van der Waals surface area contributed by atoms with E-state index in [0.29, 0.717) is 23.6 Å². The molecule has 4 aromatic rings. The van der Waals surface area contributed by atoms with Gasteiger partial charge in [0.15, 0.2) is 0 Å². The maximum absolute atomic E-state index is 12.9. The van der Waals surface area contributed by atoms with Gasteiger partial charge >= 0.3 is 0 Å². The molecule has 0 bridgehead atoms. The van der Waals surface area contributed by atoms with Gasteiger partial charge in [0.25, 0.3) is 10.0 Å². The van der Waals surface area contributed by atoms with Gasteiger partial charge in [-0.3, -0.25) is 4.79 Å². The van der Waals surface area contributed by atoms with E-state index in [1.165, 1.54) is 24.5 Å². The van der Waals surface area contributed by atoms with Gasteiger partial charge in [0.1, 0.15) is 5.78 Å². The maximum atomic E-state index is 12.9. The highest BCUT2D eigenvalue weighted by Crippen LogP contribution is 2.27. The topological polar surface area (TPSA) is 101 Å². The number of anilines is 2. The van der Waals surface area contributed by atoms with E-state index >= 15 is 0 Å². The molecule has 0 spiro atoms. The van der Waals surface area contributed by atoms with Crippen molar-refractivity contribution in [2.45, 2.75) is 30.2 Å². The van der Waals surface area contributed by atoms with Gasteiger partial charge in [-0.05, 0) is 60.0 Å². The van der Waals surface area contributed by atoms with Crippen LogP contribution in [0.3, 0.4) is 0 Å². The van der Waals surface area contributed by atoms with Crippen molar-refractivity contribution in [2.75, 3.05) is 10.0 Å². The number of hydrogen-bond donors (Lipinski definition) is 2. The molecular formula is C27H25ClN4O3S. The van der Waals surface area contributed by atoms with Gasteiger partial charge in [-0.15, -0.1) is 0 Å². The SMILES string of the molecule is O=C(CCc1ccccc1)CC(Nc1ccc(S(=O)(=O)Nc2ncccn2)cc1)c1cccc(Cl)c1. The first kappa shape index (κ1) is 25.3. The molecule has 1 unspecified atom stereocenters. The fraction of sp³-hybridized carbons (Fsp3) is 0.148. The number of Topliss-reactive ketones (excluding diaryl/α,β-unsaturated/α-hetero) is 1. The van der Waals surface area contributed by atoms with Crippen LogP contribution >= 0.6 is 11.6 Å². The summed E-state index contributed by atoms with van der Waals surface area (Å²) in [5.74, 6) is 0.109. The first-order valence-corrected chi connectivity index (χ1v) is 13.2. The number of aryl methyl sites for hydroxylation is 1.